The minimum atomic E-state index is -3.69. The van der Waals surface area contributed by atoms with Gasteiger partial charge in [-0.1, -0.05) is 12.1 Å². The van der Waals surface area contributed by atoms with E-state index in [9.17, 15) is 17.6 Å². The molecule has 0 saturated carbocycles. The van der Waals surface area contributed by atoms with Crippen molar-refractivity contribution in [3.05, 3.63) is 48.3 Å². The number of nitrogens with one attached hydrogen (secondary N) is 1. The number of halogens is 1. The number of rotatable bonds is 9. The highest BCUT2D eigenvalue weighted by molar-refractivity contribution is 7.92. The highest BCUT2D eigenvalue weighted by Crippen LogP contribution is 2.29. The van der Waals surface area contributed by atoms with Crippen molar-refractivity contribution in [3.8, 4) is 11.5 Å². The van der Waals surface area contributed by atoms with Gasteiger partial charge in [0.2, 0.25) is 15.9 Å². The predicted molar refractivity (Wildman–Crippen MR) is 106 cm³/mol. The minimum absolute atomic E-state index is 0.0254. The number of hydrogen-bond acceptors (Lipinski definition) is 5. The van der Waals surface area contributed by atoms with Crippen LogP contribution in [0, 0.1) is 5.82 Å². The summed E-state index contributed by atoms with van der Waals surface area (Å²) in [5.41, 5.74) is 0.404. The number of benzene rings is 2. The first-order valence-corrected chi connectivity index (χ1v) is 10.3. The summed E-state index contributed by atoms with van der Waals surface area (Å²) in [5.74, 6) is 0.0594. The van der Waals surface area contributed by atoms with E-state index in [4.69, 9.17) is 9.47 Å². The van der Waals surface area contributed by atoms with Crippen molar-refractivity contribution in [2.75, 3.05) is 36.6 Å². The number of nitrogens with zero attached hydrogens (tertiary/aromatic N) is 1. The zero-order valence-electron chi connectivity index (χ0n) is 15.9. The molecule has 0 radical (unpaired) electrons. The Labute approximate surface area is 164 Å². The van der Waals surface area contributed by atoms with Crippen LogP contribution in [0.25, 0.3) is 0 Å². The van der Waals surface area contributed by atoms with Crippen molar-refractivity contribution in [2.24, 2.45) is 0 Å². The average Bonchev–Trinajstić information content (AvgIpc) is 2.65. The third-order valence-electron chi connectivity index (χ3n) is 3.97. The zero-order valence-corrected chi connectivity index (χ0v) is 16.8. The Hall–Kier alpha value is -2.81. The summed E-state index contributed by atoms with van der Waals surface area (Å²) in [7, 11) is -0.700. The molecule has 0 aromatic heterocycles. The molecular formula is C19H23FN2O5S. The Balaban J connectivity index is 2.03. The van der Waals surface area contributed by atoms with Gasteiger partial charge in [0.15, 0.2) is 0 Å². The van der Waals surface area contributed by atoms with Crippen LogP contribution in [-0.4, -0.2) is 41.3 Å². The van der Waals surface area contributed by atoms with Crippen LogP contribution in [0.3, 0.4) is 0 Å². The van der Waals surface area contributed by atoms with E-state index in [-0.39, 0.29) is 31.0 Å². The highest BCUT2D eigenvalue weighted by atomic mass is 32.2. The number of carbonyl (C=O) groups excluding carboxylic acids is 1. The van der Waals surface area contributed by atoms with Gasteiger partial charge in [-0.05, 0) is 30.7 Å². The van der Waals surface area contributed by atoms with E-state index in [0.717, 1.165) is 10.6 Å². The molecule has 0 spiro atoms. The van der Waals surface area contributed by atoms with Crippen molar-refractivity contribution in [1.29, 1.82) is 0 Å². The third kappa shape index (κ3) is 5.59. The van der Waals surface area contributed by atoms with Crippen LogP contribution in [-0.2, 0) is 14.8 Å². The van der Waals surface area contributed by atoms with Crippen molar-refractivity contribution < 1.29 is 27.1 Å². The Morgan fingerprint density at radius 3 is 2.46 bits per heavy atom. The first-order chi connectivity index (χ1) is 13.3. The average molecular weight is 410 g/mol. The maximum absolute atomic E-state index is 14.0. The molecule has 0 saturated heterocycles. The second-order valence-corrected chi connectivity index (χ2v) is 7.91. The predicted octanol–water partition coefficient (Wildman–Crippen LogP) is 3.03. The van der Waals surface area contributed by atoms with Crippen molar-refractivity contribution in [3.63, 3.8) is 0 Å². The Kier molecular flexibility index (Phi) is 7.22. The van der Waals surface area contributed by atoms with E-state index in [1.54, 1.807) is 24.3 Å². The molecule has 0 heterocycles. The zero-order chi connectivity index (χ0) is 20.7. The molecule has 0 atom stereocenters. The van der Waals surface area contributed by atoms with Crippen LogP contribution in [0.5, 0.6) is 11.5 Å². The number of methoxy groups -OCH3 is 2. The standard InChI is InChI=1S/C19H23FN2O5S/c1-26-14-10-11-18(27-2)16(13-14)21-19(23)9-6-12-22(28(3,24)25)17-8-5-4-7-15(17)20/h4-5,7-8,10-11,13H,6,9,12H2,1-3H3,(H,21,23). The fourth-order valence-electron chi connectivity index (χ4n) is 2.63. The van der Waals surface area contributed by atoms with Gasteiger partial charge < -0.3 is 14.8 Å². The van der Waals surface area contributed by atoms with Crippen molar-refractivity contribution >= 4 is 27.3 Å². The van der Waals surface area contributed by atoms with E-state index in [1.807, 2.05) is 0 Å². The lowest BCUT2D eigenvalue weighted by molar-refractivity contribution is -0.116. The monoisotopic (exact) mass is 410 g/mol. The lowest BCUT2D eigenvalue weighted by atomic mass is 10.2. The van der Waals surface area contributed by atoms with Crippen LogP contribution < -0.4 is 19.1 Å². The molecule has 2 rings (SSSR count). The number of anilines is 2. The Morgan fingerprint density at radius 2 is 1.86 bits per heavy atom. The van der Waals surface area contributed by atoms with Crippen LogP contribution in [0.4, 0.5) is 15.8 Å². The third-order valence-corrected chi connectivity index (χ3v) is 5.15. The number of hydrogen-bond donors (Lipinski definition) is 1. The van der Waals surface area contributed by atoms with Crippen molar-refractivity contribution in [2.45, 2.75) is 12.8 Å². The molecule has 0 aliphatic carbocycles. The first kappa shape index (κ1) is 21.5. The Morgan fingerprint density at radius 1 is 1.14 bits per heavy atom. The van der Waals surface area contributed by atoms with E-state index in [2.05, 4.69) is 5.32 Å². The molecule has 2 aromatic carbocycles. The van der Waals surface area contributed by atoms with E-state index in [1.165, 1.54) is 32.4 Å². The molecule has 0 unspecified atom stereocenters. The number of sulfonamides is 1. The summed E-state index contributed by atoms with van der Waals surface area (Å²) in [6, 6.07) is 10.6. The molecular weight excluding hydrogens is 387 g/mol. The van der Waals surface area contributed by atoms with Gasteiger partial charge in [-0.2, -0.15) is 0 Å². The minimum Gasteiger partial charge on any atom is -0.497 e. The van der Waals surface area contributed by atoms with Gasteiger partial charge in [0.25, 0.3) is 0 Å². The second-order valence-electron chi connectivity index (χ2n) is 6.00. The van der Waals surface area contributed by atoms with Gasteiger partial charge in [0.05, 0.1) is 31.9 Å². The van der Waals surface area contributed by atoms with Gasteiger partial charge >= 0.3 is 0 Å². The van der Waals surface area contributed by atoms with Crippen LogP contribution in [0.15, 0.2) is 42.5 Å². The molecule has 2 aromatic rings. The van der Waals surface area contributed by atoms with Crippen LogP contribution >= 0.6 is 0 Å². The Bertz CT molecular complexity index is 934. The van der Waals surface area contributed by atoms with E-state index in [0.29, 0.717) is 17.2 Å². The van der Waals surface area contributed by atoms with Gasteiger partial charge in [0.1, 0.15) is 17.3 Å². The molecule has 0 bridgehead atoms. The van der Waals surface area contributed by atoms with Crippen LogP contribution in [0.1, 0.15) is 12.8 Å². The number of carbonyl (C=O) groups is 1. The number of amides is 1. The molecule has 0 aliphatic heterocycles. The highest BCUT2D eigenvalue weighted by Gasteiger charge is 2.20. The van der Waals surface area contributed by atoms with Crippen molar-refractivity contribution in [1.82, 2.24) is 0 Å². The summed E-state index contributed by atoms with van der Waals surface area (Å²) in [5, 5.41) is 2.71. The number of para-hydroxylation sites is 1. The molecule has 7 nitrogen and oxygen atoms in total. The maximum atomic E-state index is 14.0. The summed E-state index contributed by atoms with van der Waals surface area (Å²) in [4.78, 5) is 12.3. The van der Waals surface area contributed by atoms with E-state index < -0.39 is 15.8 Å². The summed E-state index contributed by atoms with van der Waals surface area (Å²) < 4.78 is 49.3. The normalized spacial score (nSPS) is 11.0. The first-order valence-electron chi connectivity index (χ1n) is 8.50. The maximum Gasteiger partial charge on any atom is 0.232 e. The lowest BCUT2D eigenvalue weighted by Crippen LogP contribution is -2.32. The van der Waals surface area contributed by atoms with Crippen LogP contribution in [0.2, 0.25) is 0 Å². The summed E-state index contributed by atoms with van der Waals surface area (Å²) >= 11 is 0. The summed E-state index contributed by atoms with van der Waals surface area (Å²) in [6.07, 6.45) is 1.25. The largest absolute Gasteiger partial charge is 0.497 e. The molecule has 152 valence electrons. The quantitative estimate of drug-likeness (QED) is 0.687. The molecule has 1 amide bonds. The molecule has 1 N–H and O–H groups in total. The molecule has 0 aliphatic rings. The fraction of sp³-hybridized carbons (Fsp3) is 0.316. The molecule has 28 heavy (non-hydrogen) atoms. The SMILES string of the molecule is COc1ccc(OC)c(NC(=O)CCCN(c2ccccc2F)S(C)(=O)=O)c1. The lowest BCUT2D eigenvalue weighted by Gasteiger charge is -2.22. The molecule has 9 heteroatoms. The number of ether oxygens (including phenoxy) is 2. The fourth-order valence-corrected chi connectivity index (χ4v) is 3.59. The smallest absolute Gasteiger partial charge is 0.232 e. The van der Waals surface area contributed by atoms with Gasteiger partial charge in [0, 0.05) is 19.0 Å². The van der Waals surface area contributed by atoms with Gasteiger partial charge in [-0.15, -0.1) is 0 Å². The topological polar surface area (TPSA) is 84.9 Å². The van der Waals surface area contributed by atoms with Gasteiger partial charge in [-0.3, -0.25) is 9.10 Å². The molecule has 0 fully saturated rings. The second kappa shape index (κ2) is 9.41. The van der Waals surface area contributed by atoms with E-state index >= 15 is 0 Å². The van der Waals surface area contributed by atoms with Gasteiger partial charge in [-0.25, -0.2) is 12.8 Å². The summed E-state index contributed by atoms with van der Waals surface area (Å²) in [6.45, 7) is -0.0254.